The van der Waals surface area contributed by atoms with Crippen LogP contribution in [0.15, 0.2) is 24.3 Å². The van der Waals surface area contributed by atoms with Crippen molar-refractivity contribution in [3.63, 3.8) is 0 Å². The second kappa shape index (κ2) is 8.91. The van der Waals surface area contributed by atoms with Gasteiger partial charge in [-0.3, -0.25) is 4.79 Å². The number of hydrogen-bond donors (Lipinski definition) is 2. The molecule has 1 aromatic rings. The monoisotopic (exact) mass is 272 g/mol. The summed E-state index contributed by atoms with van der Waals surface area (Å²) in [6.45, 7) is 5.42. The highest BCUT2D eigenvalue weighted by Gasteiger charge is 2.12. The Bertz CT molecular complexity index is 372. The van der Waals surface area contributed by atoms with Crippen molar-refractivity contribution in [3.8, 4) is 0 Å². The molecule has 1 atom stereocenters. The summed E-state index contributed by atoms with van der Waals surface area (Å²) in [5.74, 6) is -0.128. The maximum absolute atomic E-state index is 11.7. The van der Waals surface area contributed by atoms with E-state index in [0.29, 0.717) is 0 Å². The van der Waals surface area contributed by atoms with E-state index < -0.39 is 6.10 Å². The average molecular weight is 273 g/mol. The molecule has 18 heavy (non-hydrogen) atoms. The third-order valence-corrected chi connectivity index (χ3v) is 2.56. The van der Waals surface area contributed by atoms with E-state index in [1.165, 1.54) is 7.11 Å². The van der Waals surface area contributed by atoms with E-state index in [2.05, 4.69) is 10.6 Å². The highest BCUT2D eigenvalue weighted by Crippen LogP contribution is 2.15. The van der Waals surface area contributed by atoms with Crippen LogP contribution < -0.4 is 10.6 Å². The minimum absolute atomic E-state index is 0. The minimum Gasteiger partial charge on any atom is -0.372 e. The van der Waals surface area contributed by atoms with Gasteiger partial charge in [-0.15, -0.1) is 12.4 Å². The van der Waals surface area contributed by atoms with Gasteiger partial charge in [0.2, 0.25) is 0 Å². The Morgan fingerprint density at radius 1 is 1.39 bits per heavy atom. The molecule has 5 heteroatoms. The van der Waals surface area contributed by atoms with Crippen LogP contribution >= 0.6 is 12.4 Å². The summed E-state index contributed by atoms with van der Waals surface area (Å²) < 4.78 is 4.98. The normalized spacial score (nSPS) is 11.5. The molecule has 0 spiro atoms. The molecule has 0 aliphatic carbocycles. The van der Waals surface area contributed by atoms with Crippen LogP contribution in [-0.2, 0) is 16.1 Å². The number of para-hydroxylation sites is 1. The maximum Gasteiger partial charge on any atom is 0.253 e. The summed E-state index contributed by atoms with van der Waals surface area (Å²) >= 11 is 0. The summed E-state index contributed by atoms with van der Waals surface area (Å²) in [6, 6.07) is 7.76. The van der Waals surface area contributed by atoms with Crippen LogP contribution in [0.25, 0.3) is 0 Å². The van der Waals surface area contributed by atoms with Crippen molar-refractivity contribution in [1.29, 1.82) is 0 Å². The molecular weight excluding hydrogens is 252 g/mol. The summed E-state index contributed by atoms with van der Waals surface area (Å²) in [5, 5.41) is 6.11. The van der Waals surface area contributed by atoms with Gasteiger partial charge in [0.25, 0.3) is 5.91 Å². The Kier molecular flexibility index (Phi) is 8.37. The van der Waals surface area contributed by atoms with Gasteiger partial charge in [0.1, 0.15) is 6.10 Å². The summed E-state index contributed by atoms with van der Waals surface area (Å²) in [6.07, 6.45) is -0.442. The molecule has 2 N–H and O–H groups in total. The topological polar surface area (TPSA) is 50.4 Å². The van der Waals surface area contributed by atoms with Crippen molar-refractivity contribution in [1.82, 2.24) is 5.32 Å². The van der Waals surface area contributed by atoms with E-state index in [4.69, 9.17) is 4.74 Å². The highest BCUT2D eigenvalue weighted by atomic mass is 35.5. The Morgan fingerprint density at radius 2 is 2.06 bits per heavy atom. The number of rotatable bonds is 6. The van der Waals surface area contributed by atoms with Crippen molar-refractivity contribution >= 4 is 24.0 Å². The van der Waals surface area contributed by atoms with Gasteiger partial charge in [-0.25, -0.2) is 0 Å². The molecule has 0 aromatic heterocycles. The molecule has 1 aromatic carbocycles. The molecule has 1 amide bonds. The third kappa shape index (κ3) is 5.04. The molecule has 0 saturated carbocycles. The van der Waals surface area contributed by atoms with E-state index in [9.17, 15) is 4.79 Å². The van der Waals surface area contributed by atoms with Gasteiger partial charge in [0.15, 0.2) is 0 Å². The third-order valence-electron chi connectivity index (χ3n) is 2.56. The molecule has 0 radical (unpaired) electrons. The number of hydrogen-bond acceptors (Lipinski definition) is 3. The molecule has 1 rings (SSSR count). The van der Waals surface area contributed by atoms with E-state index in [-0.39, 0.29) is 18.3 Å². The van der Waals surface area contributed by atoms with E-state index >= 15 is 0 Å². The number of carbonyl (C=O) groups is 1. The number of benzene rings is 1. The smallest absolute Gasteiger partial charge is 0.253 e. The summed E-state index contributed by atoms with van der Waals surface area (Å²) in [7, 11) is 1.52. The van der Waals surface area contributed by atoms with Crippen LogP contribution in [0.2, 0.25) is 0 Å². The lowest BCUT2D eigenvalue weighted by molar-refractivity contribution is -0.124. The first-order valence-corrected chi connectivity index (χ1v) is 5.81. The van der Waals surface area contributed by atoms with Gasteiger partial charge < -0.3 is 15.4 Å². The Hall–Kier alpha value is -1.10. The Morgan fingerprint density at radius 3 is 2.67 bits per heavy atom. The zero-order chi connectivity index (χ0) is 12.7. The SMILES string of the molecule is CCNCc1ccccc1NC(=O)C(C)OC.Cl. The van der Waals surface area contributed by atoms with Crippen molar-refractivity contribution < 1.29 is 9.53 Å². The van der Waals surface area contributed by atoms with E-state index in [1.54, 1.807) is 6.92 Å². The lowest BCUT2D eigenvalue weighted by atomic mass is 10.1. The Balaban J connectivity index is 0.00000289. The number of carbonyl (C=O) groups excluding carboxylic acids is 1. The molecule has 0 saturated heterocycles. The summed E-state index contributed by atoms with van der Waals surface area (Å²) in [4.78, 5) is 11.7. The molecule has 0 heterocycles. The first kappa shape index (κ1) is 16.9. The van der Waals surface area contributed by atoms with Crippen molar-refractivity contribution in [2.75, 3.05) is 19.0 Å². The zero-order valence-electron chi connectivity index (χ0n) is 11.0. The van der Waals surface area contributed by atoms with Crippen LogP contribution in [0.4, 0.5) is 5.69 Å². The zero-order valence-corrected chi connectivity index (χ0v) is 11.8. The van der Waals surface area contributed by atoms with Crippen LogP contribution in [0.1, 0.15) is 19.4 Å². The second-order valence-electron chi connectivity index (χ2n) is 3.80. The van der Waals surface area contributed by atoms with Gasteiger partial charge in [-0.1, -0.05) is 25.1 Å². The molecule has 0 aliphatic rings. The molecule has 0 aliphatic heterocycles. The van der Waals surface area contributed by atoms with Crippen LogP contribution in [-0.4, -0.2) is 25.7 Å². The van der Waals surface area contributed by atoms with E-state index in [1.807, 2.05) is 31.2 Å². The van der Waals surface area contributed by atoms with Gasteiger partial charge >= 0.3 is 0 Å². The number of amides is 1. The number of ether oxygens (including phenoxy) is 1. The van der Waals surface area contributed by atoms with Crippen molar-refractivity contribution in [2.24, 2.45) is 0 Å². The van der Waals surface area contributed by atoms with E-state index in [0.717, 1.165) is 24.3 Å². The van der Waals surface area contributed by atoms with Crippen LogP contribution in [0, 0.1) is 0 Å². The predicted molar refractivity (Wildman–Crippen MR) is 76.2 cm³/mol. The first-order chi connectivity index (χ1) is 8.19. The fourth-order valence-corrected chi connectivity index (χ4v) is 1.40. The number of nitrogens with one attached hydrogen (secondary N) is 2. The predicted octanol–water partition coefficient (Wildman–Crippen LogP) is 2.19. The molecule has 0 fully saturated rings. The fraction of sp³-hybridized carbons (Fsp3) is 0.462. The quantitative estimate of drug-likeness (QED) is 0.835. The molecule has 102 valence electrons. The fourth-order valence-electron chi connectivity index (χ4n) is 1.40. The van der Waals surface area contributed by atoms with Gasteiger partial charge in [-0.05, 0) is 25.1 Å². The molecule has 4 nitrogen and oxygen atoms in total. The largest absolute Gasteiger partial charge is 0.372 e. The summed E-state index contributed by atoms with van der Waals surface area (Å²) in [5.41, 5.74) is 1.91. The van der Waals surface area contributed by atoms with Gasteiger partial charge in [-0.2, -0.15) is 0 Å². The number of halogens is 1. The lowest BCUT2D eigenvalue weighted by Crippen LogP contribution is -2.27. The minimum atomic E-state index is -0.442. The lowest BCUT2D eigenvalue weighted by Gasteiger charge is -2.14. The number of anilines is 1. The van der Waals surface area contributed by atoms with Crippen LogP contribution in [0.5, 0.6) is 0 Å². The van der Waals surface area contributed by atoms with Crippen molar-refractivity contribution in [3.05, 3.63) is 29.8 Å². The Labute approximate surface area is 115 Å². The molecule has 0 bridgehead atoms. The average Bonchev–Trinajstić information content (AvgIpc) is 2.36. The highest BCUT2D eigenvalue weighted by molar-refractivity contribution is 5.94. The second-order valence-corrected chi connectivity index (χ2v) is 3.80. The number of methoxy groups -OCH3 is 1. The maximum atomic E-state index is 11.7. The van der Waals surface area contributed by atoms with Crippen LogP contribution in [0.3, 0.4) is 0 Å². The molecule has 1 unspecified atom stereocenters. The van der Waals surface area contributed by atoms with Gasteiger partial charge in [0.05, 0.1) is 0 Å². The standard InChI is InChI=1S/C13H20N2O2.ClH/c1-4-14-9-11-7-5-6-8-12(11)15-13(16)10(2)17-3;/h5-8,10,14H,4,9H2,1-3H3,(H,15,16);1H. The molecular formula is C13H21ClN2O2. The van der Waals surface area contributed by atoms with Gasteiger partial charge in [0, 0.05) is 19.3 Å². The first-order valence-electron chi connectivity index (χ1n) is 5.81. The van der Waals surface area contributed by atoms with Crippen molar-refractivity contribution in [2.45, 2.75) is 26.5 Å².